The first-order valence-corrected chi connectivity index (χ1v) is 7.02. The Morgan fingerprint density at radius 1 is 1.30 bits per heavy atom. The van der Waals surface area contributed by atoms with Gasteiger partial charge in [0.25, 0.3) is 0 Å². The largest absolute Gasteiger partial charge is 0.479 e. The van der Waals surface area contributed by atoms with Gasteiger partial charge in [-0.15, -0.1) is 6.42 Å². The Kier molecular flexibility index (Phi) is 5.33. The Labute approximate surface area is 133 Å². The summed E-state index contributed by atoms with van der Waals surface area (Å²) in [7, 11) is 0. The monoisotopic (exact) mass is 316 g/mol. The molecule has 1 aromatic rings. The molecule has 7 heteroatoms. The molecule has 1 aliphatic rings. The van der Waals surface area contributed by atoms with E-state index >= 15 is 0 Å². The van der Waals surface area contributed by atoms with Crippen molar-refractivity contribution in [3.05, 3.63) is 29.8 Å². The highest BCUT2D eigenvalue weighted by molar-refractivity contribution is 5.95. The van der Waals surface area contributed by atoms with Gasteiger partial charge in [0.15, 0.2) is 6.10 Å². The van der Waals surface area contributed by atoms with E-state index in [2.05, 4.69) is 16.6 Å². The molecule has 0 aliphatic carbocycles. The van der Waals surface area contributed by atoms with E-state index in [1.165, 1.54) is 0 Å². The molecule has 0 saturated carbocycles. The first kappa shape index (κ1) is 16.5. The highest BCUT2D eigenvalue weighted by atomic mass is 16.5. The van der Waals surface area contributed by atoms with Crippen molar-refractivity contribution in [1.82, 2.24) is 5.32 Å². The Hall–Kier alpha value is -2.85. The normalized spacial score (nSPS) is 19.6. The van der Waals surface area contributed by atoms with Gasteiger partial charge in [-0.05, 0) is 31.0 Å². The van der Waals surface area contributed by atoms with E-state index in [1.54, 1.807) is 24.3 Å². The molecular formula is C16H16N2O5. The fourth-order valence-corrected chi connectivity index (χ4v) is 2.18. The average molecular weight is 316 g/mol. The minimum atomic E-state index is -1.09. The number of nitrogens with one attached hydrogen (secondary N) is 2. The Morgan fingerprint density at radius 2 is 2.04 bits per heavy atom. The molecule has 3 N–H and O–H groups in total. The smallest absolute Gasteiger partial charge is 0.332 e. The molecule has 2 rings (SSSR count). The number of hydrogen-bond donors (Lipinski definition) is 3. The number of aliphatic carboxylic acids is 1. The molecule has 2 atom stereocenters. The zero-order valence-electron chi connectivity index (χ0n) is 12.2. The van der Waals surface area contributed by atoms with E-state index in [4.69, 9.17) is 16.3 Å². The first-order valence-electron chi connectivity index (χ1n) is 7.02. The lowest BCUT2D eigenvalue weighted by Crippen LogP contribution is -2.39. The van der Waals surface area contributed by atoms with Crippen molar-refractivity contribution in [2.75, 3.05) is 11.9 Å². The van der Waals surface area contributed by atoms with Crippen LogP contribution in [0.1, 0.15) is 18.4 Å². The summed E-state index contributed by atoms with van der Waals surface area (Å²) < 4.78 is 5.10. The quantitative estimate of drug-likeness (QED) is 0.680. The number of amides is 2. The molecule has 0 radical (unpaired) electrons. The maximum Gasteiger partial charge on any atom is 0.332 e. The molecular weight excluding hydrogens is 300 g/mol. The zero-order chi connectivity index (χ0) is 16.8. The topological polar surface area (TPSA) is 105 Å². The predicted octanol–water partition coefficient (Wildman–Crippen LogP) is 0.355. The molecule has 1 heterocycles. The van der Waals surface area contributed by atoms with Crippen molar-refractivity contribution < 1.29 is 24.2 Å². The molecule has 1 fully saturated rings. The summed E-state index contributed by atoms with van der Waals surface area (Å²) >= 11 is 0. The maximum atomic E-state index is 11.8. The van der Waals surface area contributed by atoms with Gasteiger partial charge < -0.3 is 20.5 Å². The molecule has 2 amide bonds. The number of terminal acetylenes is 1. The Balaban J connectivity index is 1.79. The number of rotatable bonds is 5. The van der Waals surface area contributed by atoms with Crippen molar-refractivity contribution >= 4 is 23.5 Å². The lowest BCUT2D eigenvalue weighted by molar-refractivity contribution is -0.152. The molecule has 7 nitrogen and oxygen atoms in total. The van der Waals surface area contributed by atoms with Gasteiger partial charge in [-0.3, -0.25) is 9.59 Å². The van der Waals surface area contributed by atoms with E-state index in [1.807, 2.05) is 0 Å². The van der Waals surface area contributed by atoms with Gasteiger partial charge in [0, 0.05) is 11.3 Å². The summed E-state index contributed by atoms with van der Waals surface area (Å²) in [4.78, 5) is 34.4. The second-order valence-electron chi connectivity index (χ2n) is 5.02. The number of carbonyl (C=O) groups is 3. The number of anilines is 1. The van der Waals surface area contributed by atoms with Gasteiger partial charge in [-0.25, -0.2) is 4.79 Å². The van der Waals surface area contributed by atoms with Crippen LogP contribution in [0.2, 0.25) is 0 Å². The van der Waals surface area contributed by atoms with Gasteiger partial charge >= 0.3 is 5.97 Å². The van der Waals surface area contributed by atoms with Crippen LogP contribution in [0.15, 0.2) is 24.3 Å². The maximum absolute atomic E-state index is 11.8. The third-order valence-electron chi connectivity index (χ3n) is 3.32. The summed E-state index contributed by atoms with van der Waals surface area (Å²) in [5.41, 5.74) is 1.16. The number of ether oxygens (including phenoxy) is 1. The first-order chi connectivity index (χ1) is 11.0. The fraction of sp³-hybridized carbons (Fsp3) is 0.312. The number of hydrogen-bond acceptors (Lipinski definition) is 4. The van der Waals surface area contributed by atoms with E-state index in [9.17, 15) is 14.4 Å². The predicted molar refractivity (Wildman–Crippen MR) is 81.5 cm³/mol. The molecule has 0 spiro atoms. The highest BCUT2D eigenvalue weighted by Crippen LogP contribution is 2.19. The van der Waals surface area contributed by atoms with Crippen molar-refractivity contribution in [1.29, 1.82) is 0 Å². The number of carboxylic acid groups (broad SMARTS) is 1. The van der Waals surface area contributed by atoms with Gasteiger partial charge in [0.1, 0.15) is 6.10 Å². The van der Waals surface area contributed by atoms with Gasteiger partial charge in [-0.1, -0.05) is 12.0 Å². The Morgan fingerprint density at radius 3 is 2.70 bits per heavy atom. The van der Waals surface area contributed by atoms with Crippen LogP contribution in [-0.4, -0.2) is 41.6 Å². The van der Waals surface area contributed by atoms with Gasteiger partial charge in [-0.2, -0.15) is 0 Å². The van der Waals surface area contributed by atoms with Crippen molar-refractivity contribution in [3.8, 4) is 12.3 Å². The summed E-state index contributed by atoms with van der Waals surface area (Å²) in [6.07, 6.45) is 4.06. The highest BCUT2D eigenvalue weighted by Gasteiger charge is 2.34. The molecule has 0 aromatic heterocycles. The number of carboxylic acids is 1. The molecule has 1 saturated heterocycles. The number of carbonyl (C=O) groups excluding carboxylic acids is 2. The van der Waals surface area contributed by atoms with Crippen LogP contribution < -0.4 is 10.6 Å². The van der Waals surface area contributed by atoms with Gasteiger partial charge in [0.2, 0.25) is 11.8 Å². The van der Waals surface area contributed by atoms with E-state index < -0.39 is 30.0 Å². The van der Waals surface area contributed by atoms with Crippen LogP contribution >= 0.6 is 0 Å². The molecule has 1 aliphatic heterocycles. The summed E-state index contributed by atoms with van der Waals surface area (Å²) in [5.74, 6) is 0.449. The lowest BCUT2D eigenvalue weighted by atomic mass is 10.2. The second kappa shape index (κ2) is 7.42. The SMILES string of the molecule is C#Cc1cccc(NC(=O)CNC(=O)[C@@H]2CC[C@H](C(=O)O)O2)c1. The zero-order valence-corrected chi connectivity index (χ0v) is 12.2. The summed E-state index contributed by atoms with van der Waals surface area (Å²) in [6.45, 7) is -0.239. The fourth-order valence-electron chi connectivity index (χ4n) is 2.18. The van der Waals surface area contributed by atoms with Crippen molar-refractivity contribution in [2.24, 2.45) is 0 Å². The second-order valence-corrected chi connectivity index (χ2v) is 5.02. The van der Waals surface area contributed by atoms with Crippen LogP contribution in [0.3, 0.4) is 0 Å². The van der Waals surface area contributed by atoms with Crippen molar-refractivity contribution in [3.63, 3.8) is 0 Å². The third kappa shape index (κ3) is 4.56. The van der Waals surface area contributed by atoms with E-state index in [0.717, 1.165) is 0 Å². The van der Waals surface area contributed by atoms with Crippen LogP contribution in [0, 0.1) is 12.3 Å². The number of benzene rings is 1. The Bertz CT molecular complexity index is 665. The van der Waals surface area contributed by atoms with E-state index in [0.29, 0.717) is 17.7 Å². The molecule has 120 valence electrons. The minimum absolute atomic E-state index is 0.239. The molecule has 23 heavy (non-hydrogen) atoms. The summed E-state index contributed by atoms with van der Waals surface area (Å²) in [5, 5.41) is 13.8. The molecule has 1 aromatic carbocycles. The van der Waals surface area contributed by atoms with Crippen molar-refractivity contribution in [2.45, 2.75) is 25.0 Å². The average Bonchev–Trinajstić information content (AvgIpc) is 3.03. The minimum Gasteiger partial charge on any atom is -0.479 e. The van der Waals surface area contributed by atoms with E-state index in [-0.39, 0.29) is 13.0 Å². The van der Waals surface area contributed by atoms with Gasteiger partial charge in [0.05, 0.1) is 6.54 Å². The third-order valence-corrected chi connectivity index (χ3v) is 3.32. The van der Waals surface area contributed by atoms with Crippen LogP contribution in [-0.2, 0) is 19.1 Å². The van der Waals surface area contributed by atoms with Crippen LogP contribution in [0.4, 0.5) is 5.69 Å². The van der Waals surface area contributed by atoms with Crippen LogP contribution in [0.5, 0.6) is 0 Å². The molecule has 0 bridgehead atoms. The van der Waals surface area contributed by atoms with Crippen LogP contribution in [0.25, 0.3) is 0 Å². The lowest BCUT2D eigenvalue weighted by Gasteiger charge is -2.12. The molecule has 0 unspecified atom stereocenters. The summed E-state index contributed by atoms with van der Waals surface area (Å²) in [6, 6.07) is 6.75. The standard InChI is InChI=1S/C16H16N2O5/c1-2-10-4-3-5-11(8-10)18-14(19)9-17-15(20)12-6-7-13(23-12)16(21)22/h1,3-5,8,12-13H,6-7,9H2,(H,17,20)(H,18,19)(H,21,22)/t12-,13+/m0/s1.